The molecule has 0 saturated carbocycles. The summed E-state index contributed by atoms with van der Waals surface area (Å²) in [4.78, 5) is 25.6. The lowest BCUT2D eigenvalue weighted by molar-refractivity contribution is -0.116. The van der Waals surface area contributed by atoms with E-state index in [1.165, 1.54) is 23.5 Å². The topological polar surface area (TPSA) is 67.4 Å². The van der Waals surface area contributed by atoms with Crippen molar-refractivity contribution >= 4 is 33.8 Å². The maximum absolute atomic E-state index is 13.9. The van der Waals surface area contributed by atoms with Crippen LogP contribution in [0.4, 0.5) is 15.1 Å². The van der Waals surface area contributed by atoms with E-state index >= 15 is 0 Å². The lowest BCUT2D eigenvalue weighted by atomic mass is 9.84. The van der Waals surface area contributed by atoms with Crippen LogP contribution in [-0.4, -0.2) is 18.9 Å². The second kappa shape index (κ2) is 7.67. The number of carbonyl (C=O) groups excluding carboxylic acids is 2. The van der Waals surface area contributed by atoms with E-state index < -0.39 is 11.7 Å². The Morgan fingerprint density at radius 2 is 1.93 bits per heavy atom. The number of hydrogen-bond donors (Lipinski definition) is 2. The molecule has 7 heteroatoms. The highest BCUT2D eigenvalue weighted by Crippen LogP contribution is 2.47. The fourth-order valence-electron chi connectivity index (χ4n) is 3.68. The molecule has 0 radical (unpaired) electrons. The van der Waals surface area contributed by atoms with Crippen LogP contribution in [0.2, 0.25) is 0 Å². The summed E-state index contributed by atoms with van der Waals surface area (Å²) >= 11 is 1.20. The number of carbonyl (C=O) groups is 2. The number of methoxy groups -OCH3 is 1. The molecule has 1 atom stereocenters. The SMILES string of the molecule is COc1ccccc1C1CC(=O)Nc2sc(C(=O)Nc3ccccc3F)c(C)c21. The van der Waals surface area contributed by atoms with E-state index in [1.807, 2.05) is 31.2 Å². The van der Waals surface area contributed by atoms with Gasteiger partial charge >= 0.3 is 0 Å². The molecule has 3 aromatic rings. The molecule has 1 aliphatic heterocycles. The van der Waals surface area contributed by atoms with E-state index in [9.17, 15) is 14.0 Å². The molecule has 5 nitrogen and oxygen atoms in total. The van der Waals surface area contributed by atoms with Crippen molar-refractivity contribution in [3.8, 4) is 5.75 Å². The minimum atomic E-state index is -0.500. The lowest BCUT2D eigenvalue weighted by Crippen LogP contribution is -2.23. The highest BCUT2D eigenvalue weighted by molar-refractivity contribution is 7.18. The van der Waals surface area contributed by atoms with Crippen LogP contribution in [0.15, 0.2) is 48.5 Å². The first-order valence-electron chi connectivity index (χ1n) is 9.11. The fraction of sp³-hybridized carbons (Fsp3) is 0.182. The smallest absolute Gasteiger partial charge is 0.266 e. The number of anilines is 2. The molecule has 29 heavy (non-hydrogen) atoms. The van der Waals surface area contributed by atoms with E-state index in [0.29, 0.717) is 15.6 Å². The molecule has 2 aromatic carbocycles. The molecule has 2 N–H and O–H groups in total. The Balaban J connectivity index is 1.75. The number of halogens is 1. The van der Waals surface area contributed by atoms with Gasteiger partial charge in [-0.3, -0.25) is 9.59 Å². The maximum atomic E-state index is 13.9. The average molecular weight is 410 g/mol. The summed E-state index contributed by atoms with van der Waals surface area (Å²) in [6, 6.07) is 13.6. The van der Waals surface area contributed by atoms with Crippen molar-refractivity contribution in [2.75, 3.05) is 17.7 Å². The molecule has 2 heterocycles. The Labute approximate surface area is 171 Å². The minimum absolute atomic E-state index is 0.115. The van der Waals surface area contributed by atoms with Crippen molar-refractivity contribution in [1.29, 1.82) is 0 Å². The highest BCUT2D eigenvalue weighted by atomic mass is 32.1. The number of benzene rings is 2. The number of nitrogens with one attached hydrogen (secondary N) is 2. The number of ether oxygens (including phenoxy) is 1. The summed E-state index contributed by atoms with van der Waals surface area (Å²) < 4.78 is 19.4. The standard InChI is InChI=1S/C22H19FN2O3S/c1-12-19-14(13-7-3-6-10-17(13)28-2)11-18(26)25-22(19)29-20(12)21(27)24-16-9-5-4-8-15(16)23/h3-10,14H,11H2,1-2H3,(H,24,27)(H,25,26). The maximum Gasteiger partial charge on any atom is 0.266 e. The van der Waals surface area contributed by atoms with Gasteiger partial charge in [-0.25, -0.2) is 4.39 Å². The monoisotopic (exact) mass is 410 g/mol. The number of para-hydroxylation sites is 2. The number of thiophene rings is 1. The molecule has 1 unspecified atom stereocenters. The van der Waals surface area contributed by atoms with E-state index in [0.717, 1.165) is 16.7 Å². The third kappa shape index (κ3) is 3.49. The van der Waals surface area contributed by atoms with Crippen LogP contribution in [-0.2, 0) is 4.79 Å². The van der Waals surface area contributed by atoms with Crippen LogP contribution in [0.25, 0.3) is 0 Å². The van der Waals surface area contributed by atoms with Gasteiger partial charge in [-0.05, 0) is 36.2 Å². The summed E-state index contributed by atoms with van der Waals surface area (Å²) in [5.74, 6) is -0.543. The van der Waals surface area contributed by atoms with Gasteiger partial charge in [0.25, 0.3) is 5.91 Å². The van der Waals surface area contributed by atoms with Gasteiger partial charge in [0.15, 0.2) is 0 Å². The van der Waals surface area contributed by atoms with Gasteiger partial charge in [0, 0.05) is 17.9 Å². The van der Waals surface area contributed by atoms with E-state index in [-0.39, 0.29) is 23.9 Å². The molecule has 0 aliphatic carbocycles. The van der Waals surface area contributed by atoms with E-state index in [2.05, 4.69) is 10.6 Å². The van der Waals surface area contributed by atoms with Crippen LogP contribution in [0, 0.1) is 12.7 Å². The molecule has 0 bridgehead atoms. The molecule has 0 spiro atoms. The molecule has 1 aromatic heterocycles. The van der Waals surface area contributed by atoms with Crippen molar-refractivity contribution in [3.05, 3.63) is 75.9 Å². The Kier molecular flexibility index (Phi) is 5.07. The third-order valence-electron chi connectivity index (χ3n) is 5.03. The Morgan fingerprint density at radius 3 is 2.69 bits per heavy atom. The van der Waals surface area contributed by atoms with Gasteiger partial charge in [0.05, 0.1) is 22.7 Å². The summed E-state index contributed by atoms with van der Waals surface area (Å²) in [6.45, 7) is 1.85. The second-order valence-electron chi connectivity index (χ2n) is 6.78. The third-order valence-corrected chi connectivity index (χ3v) is 6.25. The van der Waals surface area contributed by atoms with Gasteiger partial charge < -0.3 is 15.4 Å². The molecule has 0 saturated heterocycles. The normalized spacial score (nSPS) is 15.4. The van der Waals surface area contributed by atoms with Crippen LogP contribution in [0.3, 0.4) is 0 Å². The van der Waals surface area contributed by atoms with E-state index in [4.69, 9.17) is 4.74 Å². The Bertz CT molecular complexity index is 1110. The predicted molar refractivity (Wildman–Crippen MR) is 111 cm³/mol. The Morgan fingerprint density at radius 1 is 1.21 bits per heavy atom. The van der Waals surface area contributed by atoms with Crippen LogP contribution < -0.4 is 15.4 Å². The highest BCUT2D eigenvalue weighted by Gasteiger charge is 2.34. The zero-order valence-corrected chi connectivity index (χ0v) is 16.7. The zero-order chi connectivity index (χ0) is 20.5. The Hall–Kier alpha value is -3.19. The first-order chi connectivity index (χ1) is 14.0. The summed E-state index contributed by atoms with van der Waals surface area (Å²) in [5, 5.41) is 6.14. The van der Waals surface area contributed by atoms with Crippen LogP contribution in [0.1, 0.15) is 38.7 Å². The van der Waals surface area contributed by atoms with Gasteiger partial charge in [0.2, 0.25) is 5.91 Å². The van der Waals surface area contributed by atoms with Crippen molar-refractivity contribution in [3.63, 3.8) is 0 Å². The summed E-state index contributed by atoms with van der Waals surface area (Å²) in [5.41, 5.74) is 2.69. The molecule has 0 fully saturated rings. The fourth-order valence-corrected chi connectivity index (χ4v) is 4.86. The molecule has 2 amide bonds. The first-order valence-corrected chi connectivity index (χ1v) is 9.93. The number of fused-ring (bicyclic) bond motifs is 1. The summed E-state index contributed by atoms with van der Waals surface area (Å²) in [7, 11) is 1.59. The van der Waals surface area contributed by atoms with Gasteiger partial charge in [-0.15, -0.1) is 11.3 Å². The quantitative estimate of drug-likeness (QED) is 0.641. The number of rotatable bonds is 4. The molecule has 1 aliphatic rings. The van der Waals surface area contributed by atoms with Gasteiger partial charge in [0.1, 0.15) is 11.6 Å². The molecule has 148 valence electrons. The number of amides is 2. The van der Waals surface area contributed by atoms with Gasteiger partial charge in [-0.2, -0.15) is 0 Å². The largest absolute Gasteiger partial charge is 0.496 e. The number of hydrogen-bond acceptors (Lipinski definition) is 4. The minimum Gasteiger partial charge on any atom is -0.496 e. The predicted octanol–water partition coefficient (Wildman–Crippen LogP) is 4.93. The average Bonchev–Trinajstić information content (AvgIpc) is 3.05. The van der Waals surface area contributed by atoms with E-state index in [1.54, 1.807) is 19.2 Å². The zero-order valence-electron chi connectivity index (χ0n) is 15.9. The van der Waals surface area contributed by atoms with Crippen LogP contribution >= 0.6 is 11.3 Å². The summed E-state index contributed by atoms with van der Waals surface area (Å²) in [6.07, 6.45) is 0.263. The first kappa shape index (κ1) is 19.1. The lowest BCUT2D eigenvalue weighted by Gasteiger charge is -2.25. The van der Waals surface area contributed by atoms with Crippen molar-refractivity contribution in [1.82, 2.24) is 0 Å². The van der Waals surface area contributed by atoms with Crippen molar-refractivity contribution in [2.45, 2.75) is 19.3 Å². The molecular formula is C22H19FN2O3S. The van der Waals surface area contributed by atoms with Crippen LogP contribution in [0.5, 0.6) is 5.75 Å². The van der Waals surface area contributed by atoms with Crippen molar-refractivity contribution in [2.24, 2.45) is 0 Å². The second-order valence-corrected chi connectivity index (χ2v) is 7.80. The molecular weight excluding hydrogens is 391 g/mol. The van der Waals surface area contributed by atoms with Crippen molar-refractivity contribution < 1.29 is 18.7 Å². The molecule has 4 rings (SSSR count). The van der Waals surface area contributed by atoms with Gasteiger partial charge in [-0.1, -0.05) is 30.3 Å².